The zero-order valence-electron chi connectivity index (χ0n) is 14.3. The number of halogens is 1. The second-order valence-corrected chi connectivity index (χ2v) is 6.44. The van der Waals surface area contributed by atoms with E-state index in [-0.39, 0.29) is 17.7 Å². The van der Waals surface area contributed by atoms with E-state index in [4.69, 9.17) is 4.74 Å². The highest BCUT2D eigenvalue weighted by atomic mass is 19.1. The summed E-state index contributed by atoms with van der Waals surface area (Å²) in [7, 11) is 0. The molecule has 0 aliphatic heterocycles. The number of hydrogen-bond acceptors (Lipinski definition) is 5. The average Bonchev–Trinajstić information content (AvgIpc) is 2.71. The molecule has 0 amide bonds. The van der Waals surface area contributed by atoms with Gasteiger partial charge in [0.05, 0.1) is 0 Å². The molecule has 0 saturated heterocycles. The van der Waals surface area contributed by atoms with Gasteiger partial charge in [-0.25, -0.2) is 24.3 Å². The highest BCUT2D eigenvalue weighted by Gasteiger charge is 2.25. The molecule has 0 radical (unpaired) electrons. The average molecular weight is 350 g/mol. The van der Waals surface area contributed by atoms with Gasteiger partial charge in [0.15, 0.2) is 11.6 Å². The molecule has 1 aliphatic rings. The second kappa shape index (κ2) is 7.56. The summed E-state index contributed by atoms with van der Waals surface area (Å²) < 4.78 is 21.2. The van der Waals surface area contributed by atoms with Gasteiger partial charge in [-0.3, -0.25) is 0 Å². The maximum absolute atomic E-state index is 15.4. The molecule has 5 nitrogen and oxygen atoms in total. The molecule has 132 valence electrons. The number of ether oxygens (including phenoxy) is 1. The summed E-state index contributed by atoms with van der Waals surface area (Å²) in [6, 6.07) is 5.59. The molecule has 6 heteroatoms. The zero-order chi connectivity index (χ0) is 17.8. The van der Waals surface area contributed by atoms with Gasteiger partial charge in [-0.05, 0) is 24.8 Å². The Morgan fingerprint density at radius 3 is 2.42 bits per heavy atom. The first kappa shape index (κ1) is 16.6. The third kappa shape index (κ3) is 3.40. The van der Waals surface area contributed by atoms with E-state index in [0.29, 0.717) is 11.1 Å². The van der Waals surface area contributed by atoms with Crippen molar-refractivity contribution in [3.63, 3.8) is 0 Å². The fourth-order valence-electron chi connectivity index (χ4n) is 3.50. The van der Waals surface area contributed by atoms with Crippen LogP contribution in [0.25, 0.3) is 11.1 Å². The van der Waals surface area contributed by atoms with Crippen molar-refractivity contribution < 1.29 is 9.13 Å². The molecule has 0 spiro atoms. The SMILES string of the molecule is Fc1c(-c2cncnc2)ccc(C2CCCCC2)c1Oc1ncccn1. The second-order valence-electron chi connectivity index (χ2n) is 6.44. The number of rotatable bonds is 4. The van der Waals surface area contributed by atoms with Gasteiger partial charge in [0.2, 0.25) is 0 Å². The molecule has 0 unspecified atom stereocenters. The van der Waals surface area contributed by atoms with E-state index < -0.39 is 5.82 Å². The number of benzene rings is 1. The molecule has 0 N–H and O–H groups in total. The molecule has 26 heavy (non-hydrogen) atoms. The summed E-state index contributed by atoms with van der Waals surface area (Å²) in [5.74, 6) is 0.0813. The lowest BCUT2D eigenvalue weighted by Gasteiger charge is -2.24. The van der Waals surface area contributed by atoms with Crippen LogP contribution in [0.2, 0.25) is 0 Å². The first-order chi connectivity index (χ1) is 12.8. The molecule has 4 rings (SSSR count). The van der Waals surface area contributed by atoms with E-state index in [2.05, 4.69) is 19.9 Å². The van der Waals surface area contributed by atoms with Crippen molar-refractivity contribution in [3.05, 3.63) is 60.7 Å². The van der Waals surface area contributed by atoms with Crippen LogP contribution in [0.4, 0.5) is 4.39 Å². The fraction of sp³-hybridized carbons (Fsp3) is 0.300. The Bertz CT molecular complexity index is 868. The summed E-state index contributed by atoms with van der Waals surface area (Å²) in [5.41, 5.74) is 1.91. The normalized spacial score (nSPS) is 15.0. The summed E-state index contributed by atoms with van der Waals surface area (Å²) in [4.78, 5) is 16.1. The van der Waals surface area contributed by atoms with Crippen LogP contribution in [0.1, 0.15) is 43.6 Å². The molecule has 2 heterocycles. The molecular weight excluding hydrogens is 331 g/mol. The fourth-order valence-corrected chi connectivity index (χ4v) is 3.50. The van der Waals surface area contributed by atoms with Gasteiger partial charge in [0.25, 0.3) is 0 Å². The molecular formula is C20H19FN4O. The number of aromatic nitrogens is 4. The molecule has 0 atom stereocenters. The minimum atomic E-state index is -0.421. The minimum Gasteiger partial charge on any atom is -0.421 e. The zero-order valence-corrected chi connectivity index (χ0v) is 14.3. The minimum absolute atomic E-state index is 0.143. The van der Waals surface area contributed by atoms with Gasteiger partial charge >= 0.3 is 6.01 Å². The van der Waals surface area contributed by atoms with Crippen molar-refractivity contribution in [2.24, 2.45) is 0 Å². The predicted molar refractivity (Wildman–Crippen MR) is 95.4 cm³/mol. The Morgan fingerprint density at radius 1 is 0.962 bits per heavy atom. The molecule has 1 aliphatic carbocycles. The summed E-state index contributed by atoms with van der Waals surface area (Å²) in [5, 5.41) is 0. The number of hydrogen-bond donors (Lipinski definition) is 0. The highest BCUT2D eigenvalue weighted by molar-refractivity contribution is 5.66. The van der Waals surface area contributed by atoms with E-state index in [1.807, 2.05) is 6.07 Å². The van der Waals surface area contributed by atoms with Gasteiger partial charge < -0.3 is 4.74 Å². The standard InChI is InChI=1S/C20H19FN4O/c21-18-16(15-11-22-13-23-12-15)7-8-17(14-5-2-1-3-6-14)19(18)26-20-24-9-4-10-25-20/h4,7-14H,1-3,5-6H2. The molecule has 2 aromatic heterocycles. The predicted octanol–water partition coefficient (Wildman–Crippen LogP) is 4.91. The van der Waals surface area contributed by atoms with Crippen molar-refractivity contribution in [1.82, 2.24) is 19.9 Å². The van der Waals surface area contributed by atoms with Crippen LogP contribution >= 0.6 is 0 Å². The van der Waals surface area contributed by atoms with Crippen LogP contribution in [0.15, 0.2) is 49.3 Å². The lowest BCUT2D eigenvalue weighted by Crippen LogP contribution is -2.08. The molecule has 1 fully saturated rings. The van der Waals surface area contributed by atoms with Crippen LogP contribution in [0.5, 0.6) is 11.8 Å². The quantitative estimate of drug-likeness (QED) is 0.669. The topological polar surface area (TPSA) is 60.8 Å². The van der Waals surface area contributed by atoms with E-state index in [0.717, 1.165) is 31.2 Å². The Hall–Kier alpha value is -2.89. The number of nitrogens with zero attached hydrogens (tertiary/aromatic N) is 4. The summed E-state index contributed by atoms with van der Waals surface area (Å²) in [6.07, 6.45) is 13.4. The Balaban J connectivity index is 1.79. The smallest absolute Gasteiger partial charge is 0.321 e. The van der Waals surface area contributed by atoms with Crippen LogP contribution < -0.4 is 4.74 Å². The lowest BCUT2D eigenvalue weighted by molar-refractivity contribution is 0.384. The van der Waals surface area contributed by atoms with E-state index in [1.54, 1.807) is 36.9 Å². The Labute approximate surface area is 151 Å². The molecule has 3 aromatic rings. The van der Waals surface area contributed by atoms with Crippen molar-refractivity contribution in [2.45, 2.75) is 38.0 Å². The first-order valence-electron chi connectivity index (χ1n) is 8.85. The highest BCUT2D eigenvalue weighted by Crippen LogP contribution is 2.42. The third-order valence-corrected chi connectivity index (χ3v) is 4.78. The van der Waals surface area contributed by atoms with Gasteiger partial charge in [-0.2, -0.15) is 0 Å². The monoisotopic (exact) mass is 350 g/mol. The summed E-state index contributed by atoms with van der Waals surface area (Å²) in [6.45, 7) is 0. The van der Waals surface area contributed by atoms with Crippen molar-refractivity contribution in [3.8, 4) is 22.9 Å². The van der Waals surface area contributed by atoms with Crippen molar-refractivity contribution >= 4 is 0 Å². The third-order valence-electron chi connectivity index (χ3n) is 4.78. The van der Waals surface area contributed by atoms with Gasteiger partial charge in [0, 0.05) is 41.5 Å². The maximum atomic E-state index is 15.4. The Kier molecular flexibility index (Phi) is 4.82. The maximum Gasteiger partial charge on any atom is 0.321 e. The van der Waals surface area contributed by atoms with E-state index >= 15 is 4.39 Å². The van der Waals surface area contributed by atoms with Crippen LogP contribution in [0.3, 0.4) is 0 Å². The van der Waals surface area contributed by atoms with Gasteiger partial charge in [-0.1, -0.05) is 31.4 Å². The molecule has 0 bridgehead atoms. The van der Waals surface area contributed by atoms with Crippen molar-refractivity contribution in [2.75, 3.05) is 0 Å². The lowest BCUT2D eigenvalue weighted by atomic mass is 9.83. The molecule has 1 saturated carbocycles. The van der Waals surface area contributed by atoms with E-state index in [9.17, 15) is 0 Å². The summed E-state index contributed by atoms with van der Waals surface area (Å²) >= 11 is 0. The van der Waals surface area contributed by atoms with Crippen LogP contribution in [0, 0.1) is 5.82 Å². The van der Waals surface area contributed by atoms with Crippen molar-refractivity contribution in [1.29, 1.82) is 0 Å². The molecule has 1 aromatic carbocycles. The van der Waals surface area contributed by atoms with Crippen LogP contribution in [-0.4, -0.2) is 19.9 Å². The van der Waals surface area contributed by atoms with E-state index in [1.165, 1.54) is 12.7 Å². The largest absolute Gasteiger partial charge is 0.421 e. The van der Waals surface area contributed by atoms with Gasteiger partial charge in [0.1, 0.15) is 6.33 Å². The van der Waals surface area contributed by atoms with Crippen LogP contribution in [-0.2, 0) is 0 Å². The first-order valence-corrected chi connectivity index (χ1v) is 8.85. The van der Waals surface area contributed by atoms with Gasteiger partial charge in [-0.15, -0.1) is 0 Å². The Morgan fingerprint density at radius 2 is 1.69 bits per heavy atom.